The Morgan fingerprint density at radius 1 is 1.00 bits per heavy atom. The van der Waals surface area contributed by atoms with Crippen LogP contribution in [0.15, 0.2) is 29.2 Å². The van der Waals surface area contributed by atoms with Crippen molar-refractivity contribution in [3.63, 3.8) is 0 Å². The molecule has 2 aliphatic rings. The van der Waals surface area contributed by atoms with Crippen molar-refractivity contribution in [2.45, 2.75) is 43.1 Å². The Morgan fingerprint density at radius 3 is 2.29 bits per heavy atom. The van der Waals surface area contributed by atoms with E-state index in [1.54, 1.807) is 12.1 Å². The zero-order valence-electron chi connectivity index (χ0n) is 13.7. The van der Waals surface area contributed by atoms with Gasteiger partial charge in [-0.25, -0.2) is 8.42 Å². The average molecular weight is 352 g/mol. The van der Waals surface area contributed by atoms with E-state index in [2.05, 4.69) is 0 Å². The molecular formula is C17H24N2O4S. The standard InChI is InChI=1S/C17H24N2O4S/c20-15-5-4-12-19(13-15)24(22,23)16-8-6-14(7-9-16)17(21)18-10-2-1-3-11-18/h6-9,15,20H,1-5,10-13H2/t15-/m1/s1. The van der Waals surface area contributed by atoms with E-state index in [1.165, 1.54) is 16.4 Å². The molecule has 3 rings (SSSR count). The van der Waals surface area contributed by atoms with E-state index in [0.717, 1.165) is 32.4 Å². The van der Waals surface area contributed by atoms with Crippen molar-refractivity contribution in [1.82, 2.24) is 9.21 Å². The van der Waals surface area contributed by atoms with Gasteiger partial charge in [-0.15, -0.1) is 0 Å². The van der Waals surface area contributed by atoms with Gasteiger partial charge >= 0.3 is 0 Å². The number of piperidine rings is 2. The summed E-state index contributed by atoms with van der Waals surface area (Å²) in [5.74, 6) is -0.0351. The Morgan fingerprint density at radius 2 is 1.67 bits per heavy atom. The van der Waals surface area contributed by atoms with Crippen LogP contribution in [0.5, 0.6) is 0 Å². The van der Waals surface area contributed by atoms with Gasteiger partial charge in [0.1, 0.15) is 0 Å². The van der Waals surface area contributed by atoms with Crippen LogP contribution in [0.2, 0.25) is 0 Å². The van der Waals surface area contributed by atoms with E-state index in [9.17, 15) is 18.3 Å². The maximum absolute atomic E-state index is 12.6. The quantitative estimate of drug-likeness (QED) is 0.893. The molecule has 24 heavy (non-hydrogen) atoms. The fourth-order valence-electron chi connectivity index (χ4n) is 3.34. The summed E-state index contributed by atoms with van der Waals surface area (Å²) in [7, 11) is -3.61. The van der Waals surface area contributed by atoms with E-state index in [4.69, 9.17) is 0 Å². The SMILES string of the molecule is O=C(c1ccc(S(=O)(=O)N2CCC[C@@H](O)C2)cc1)N1CCCCC1. The van der Waals surface area contributed by atoms with E-state index >= 15 is 0 Å². The minimum Gasteiger partial charge on any atom is -0.392 e. The lowest BCUT2D eigenvalue weighted by atomic mass is 10.1. The van der Waals surface area contributed by atoms with Crippen molar-refractivity contribution in [2.24, 2.45) is 0 Å². The third-order valence-corrected chi connectivity index (χ3v) is 6.62. The number of rotatable bonds is 3. The maximum Gasteiger partial charge on any atom is 0.253 e. The number of likely N-dealkylation sites (tertiary alicyclic amines) is 1. The second-order valence-corrected chi connectivity index (χ2v) is 8.47. The molecule has 1 atom stereocenters. The van der Waals surface area contributed by atoms with Gasteiger partial charge in [0, 0.05) is 31.7 Å². The zero-order valence-corrected chi connectivity index (χ0v) is 14.5. The first-order chi connectivity index (χ1) is 11.5. The van der Waals surface area contributed by atoms with Crippen LogP contribution in [0.25, 0.3) is 0 Å². The Hall–Kier alpha value is -1.44. The first-order valence-electron chi connectivity index (χ1n) is 8.56. The minimum atomic E-state index is -3.61. The molecule has 132 valence electrons. The zero-order chi connectivity index (χ0) is 17.2. The number of benzene rings is 1. The topological polar surface area (TPSA) is 77.9 Å². The highest BCUT2D eigenvalue weighted by molar-refractivity contribution is 7.89. The molecule has 2 fully saturated rings. The lowest BCUT2D eigenvalue weighted by molar-refractivity contribution is 0.0724. The molecule has 1 aromatic carbocycles. The number of hydrogen-bond acceptors (Lipinski definition) is 4. The molecule has 0 bridgehead atoms. The third-order valence-electron chi connectivity index (χ3n) is 4.74. The molecule has 0 saturated carbocycles. The highest BCUT2D eigenvalue weighted by Gasteiger charge is 2.29. The van der Waals surface area contributed by atoms with Gasteiger partial charge in [0.05, 0.1) is 11.0 Å². The smallest absolute Gasteiger partial charge is 0.253 e. The number of nitrogens with zero attached hydrogens (tertiary/aromatic N) is 2. The third kappa shape index (κ3) is 3.63. The van der Waals surface area contributed by atoms with Crippen LogP contribution in [0, 0.1) is 0 Å². The molecule has 1 aromatic rings. The van der Waals surface area contributed by atoms with Crippen LogP contribution in [0.4, 0.5) is 0 Å². The Labute approximate surface area is 143 Å². The molecule has 0 aromatic heterocycles. The van der Waals surface area contributed by atoms with Gasteiger partial charge in [-0.2, -0.15) is 4.31 Å². The van der Waals surface area contributed by atoms with E-state index < -0.39 is 16.1 Å². The molecule has 1 N–H and O–H groups in total. The second kappa shape index (κ2) is 7.21. The van der Waals surface area contributed by atoms with Crippen LogP contribution in [0.3, 0.4) is 0 Å². The number of carbonyl (C=O) groups excluding carboxylic acids is 1. The van der Waals surface area contributed by atoms with Gasteiger partial charge < -0.3 is 10.0 Å². The molecular weight excluding hydrogens is 328 g/mol. The van der Waals surface area contributed by atoms with E-state index in [0.29, 0.717) is 24.9 Å². The highest BCUT2D eigenvalue weighted by atomic mass is 32.2. The monoisotopic (exact) mass is 352 g/mol. The van der Waals surface area contributed by atoms with Crippen LogP contribution >= 0.6 is 0 Å². The lowest BCUT2D eigenvalue weighted by Gasteiger charge is -2.29. The number of carbonyl (C=O) groups is 1. The average Bonchev–Trinajstić information content (AvgIpc) is 2.62. The van der Waals surface area contributed by atoms with Gasteiger partial charge in [0.25, 0.3) is 5.91 Å². The van der Waals surface area contributed by atoms with Crippen molar-refractivity contribution in [1.29, 1.82) is 0 Å². The summed E-state index contributed by atoms with van der Waals surface area (Å²) in [6, 6.07) is 6.16. The highest BCUT2D eigenvalue weighted by Crippen LogP contribution is 2.22. The Kier molecular flexibility index (Phi) is 5.22. The molecule has 7 heteroatoms. The van der Waals surface area contributed by atoms with Crippen LogP contribution in [0.1, 0.15) is 42.5 Å². The van der Waals surface area contributed by atoms with Gasteiger partial charge in [-0.1, -0.05) is 0 Å². The lowest BCUT2D eigenvalue weighted by Crippen LogP contribution is -2.42. The fraction of sp³-hybridized carbons (Fsp3) is 0.588. The van der Waals surface area contributed by atoms with Gasteiger partial charge in [-0.05, 0) is 56.4 Å². The summed E-state index contributed by atoms with van der Waals surface area (Å²) >= 11 is 0. The molecule has 1 amide bonds. The summed E-state index contributed by atoms with van der Waals surface area (Å²) < 4.78 is 26.6. The summed E-state index contributed by atoms with van der Waals surface area (Å²) in [6.07, 6.45) is 3.89. The number of amides is 1. The number of aliphatic hydroxyl groups excluding tert-OH is 1. The largest absolute Gasteiger partial charge is 0.392 e. The second-order valence-electron chi connectivity index (χ2n) is 6.54. The van der Waals surface area contributed by atoms with Gasteiger partial charge in [-0.3, -0.25) is 4.79 Å². The normalized spacial score (nSPS) is 23.2. The predicted molar refractivity (Wildman–Crippen MR) is 90.2 cm³/mol. The molecule has 6 nitrogen and oxygen atoms in total. The molecule has 2 aliphatic heterocycles. The molecule has 2 heterocycles. The Balaban J connectivity index is 1.74. The van der Waals surface area contributed by atoms with E-state index in [-0.39, 0.29) is 17.3 Å². The van der Waals surface area contributed by atoms with Crippen LogP contribution in [-0.2, 0) is 10.0 Å². The molecule has 0 unspecified atom stereocenters. The first-order valence-corrected chi connectivity index (χ1v) is 10.00. The van der Waals surface area contributed by atoms with Crippen molar-refractivity contribution < 1.29 is 18.3 Å². The van der Waals surface area contributed by atoms with Gasteiger partial charge in [0.15, 0.2) is 0 Å². The number of hydrogen-bond donors (Lipinski definition) is 1. The van der Waals surface area contributed by atoms with Crippen LogP contribution < -0.4 is 0 Å². The molecule has 2 saturated heterocycles. The van der Waals surface area contributed by atoms with Crippen molar-refractivity contribution in [3.05, 3.63) is 29.8 Å². The molecule has 0 aliphatic carbocycles. The summed E-state index contributed by atoms with van der Waals surface area (Å²) in [4.78, 5) is 14.4. The summed E-state index contributed by atoms with van der Waals surface area (Å²) in [6.45, 7) is 2.10. The number of sulfonamides is 1. The van der Waals surface area contributed by atoms with Gasteiger partial charge in [0.2, 0.25) is 10.0 Å². The molecule has 0 radical (unpaired) electrons. The Bertz CT molecular complexity index is 681. The number of β-amino-alcohol motifs (C(OH)–C–C–N with tert-alkyl or cyclic N) is 1. The number of aliphatic hydroxyl groups is 1. The van der Waals surface area contributed by atoms with Crippen molar-refractivity contribution in [2.75, 3.05) is 26.2 Å². The minimum absolute atomic E-state index is 0.0351. The summed E-state index contributed by atoms with van der Waals surface area (Å²) in [5, 5.41) is 9.69. The van der Waals surface area contributed by atoms with Crippen LogP contribution in [-0.4, -0.2) is 60.9 Å². The fourth-order valence-corrected chi connectivity index (χ4v) is 4.85. The maximum atomic E-state index is 12.6. The van der Waals surface area contributed by atoms with E-state index in [1.807, 2.05) is 4.90 Å². The predicted octanol–water partition coefficient (Wildman–Crippen LogP) is 1.46. The first kappa shape index (κ1) is 17.4. The van der Waals surface area contributed by atoms with Crippen molar-refractivity contribution in [3.8, 4) is 0 Å². The van der Waals surface area contributed by atoms with Crippen molar-refractivity contribution >= 4 is 15.9 Å². The molecule has 0 spiro atoms. The summed E-state index contributed by atoms with van der Waals surface area (Å²) in [5.41, 5.74) is 0.523.